The van der Waals surface area contributed by atoms with Gasteiger partial charge in [-0.25, -0.2) is 9.37 Å². The molecule has 1 aromatic heterocycles. The van der Waals surface area contributed by atoms with Crippen LogP contribution in [0.1, 0.15) is 12.6 Å². The van der Waals surface area contributed by atoms with Gasteiger partial charge in [0.1, 0.15) is 0 Å². The number of pyridine rings is 1. The van der Waals surface area contributed by atoms with E-state index < -0.39 is 17.7 Å². The smallest absolute Gasteiger partial charge is 0.311 e. The number of hydrogen-bond acceptors (Lipinski definition) is 3. The van der Waals surface area contributed by atoms with Crippen molar-refractivity contribution in [3.05, 3.63) is 29.6 Å². The van der Waals surface area contributed by atoms with E-state index in [0.717, 1.165) is 6.07 Å². The summed E-state index contributed by atoms with van der Waals surface area (Å²) >= 11 is 0. The summed E-state index contributed by atoms with van der Waals surface area (Å²) in [6.07, 6.45) is -0.148. The summed E-state index contributed by atoms with van der Waals surface area (Å²) in [5.74, 6) is -2.74. The van der Waals surface area contributed by atoms with Crippen LogP contribution in [0.2, 0.25) is 0 Å². The Bertz CT molecular complexity index is 342. The largest absolute Gasteiger partial charge is 0.466 e. The molecule has 0 fully saturated rings. The van der Waals surface area contributed by atoms with Crippen LogP contribution in [0.4, 0.5) is 8.78 Å². The minimum Gasteiger partial charge on any atom is -0.466 e. The maximum atomic E-state index is 12.6. The van der Waals surface area contributed by atoms with Gasteiger partial charge in [0.05, 0.1) is 18.7 Å². The van der Waals surface area contributed by atoms with E-state index in [2.05, 4.69) is 9.72 Å². The number of ether oxygens (including phenoxy) is 1. The van der Waals surface area contributed by atoms with Crippen LogP contribution < -0.4 is 0 Å². The summed E-state index contributed by atoms with van der Waals surface area (Å²) in [7, 11) is 0. The van der Waals surface area contributed by atoms with E-state index in [4.69, 9.17) is 0 Å². The van der Waals surface area contributed by atoms with Crippen LogP contribution in [0.5, 0.6) is 0 Å². The molecular formula is C9H9F2NO2. The second-order valence-electron chi connectivity index (χ2n) is 2.56. The number of hydrogen-bond donors (Lipinski definition) is 0. The highest BCUT2D eigenvalue weighted by Gasteiger charge is 2.08. The first-order valence-electron chi connectivity index (χ1n) is 4.10. The van der Waals surface area contributed by atoms with Gasteiger partial charge in [-0.1, -0.05) is 0 Å². The summed E-state index contributed by atoms with van der Waals surface area (Å²) in [4.78, 5) is 14.2. The number of aromatic nitrogens is 1. The molecule has 0 bridgehead atoms. The fourth-order valence-corrected chi connectivity index (χ4v) is 0.913. The van der Waals surface area contributed by atoms with Crippen LogP contribution >= 0.6 is 0 Å². The molecule has 0 atom stereocenters. The van der Waals surface area contributed by atoms with Crippen LogP contribution in [-0.2, 0) is 16.0 Å². The lowest BCUT2D eigenvalue weighted by molar-refractivity contribution is -0.142. The zero-order chi connectivity index (χ0) is 10.6. The zero-order valence-corrected chi connectivity index (χ0v) is 7.59. The summed E-state index contributed by atoms with van der Waals surface area (Å²) in [5.41, 5.74) is 0.155. The Hall–Kier alpha value is -1.52. The number of rotatable bonds is 3. The van der Waals surface area contributed by atoms with E-state index in [-0.39, 0.29) is 18.7 Å². The monoisotopic (exact) mass is 201 g/mol. The SMILES string of the molecule is CCOC(=O)Cc1ccc(F)c(F)n1. The Morgan fingerprint density at radius 2 is 2.21 bits per heavy atom. The van der Waals surface area contributed by atoms with Gasteiger partial charge < -0.3 is 4.74 Å². The van der Waals surface area contributed by atoms with E-state index in [0.29, 0.717) is 0 Å². The molecule has 0 saturated heterocycles. The lowest BCUT2D eigenvalue weighted by Crippen LogP contribution is -2.09. The van der Waals surface area contributed by atoms with E-state index in [9.17, 15) is 13.6 Å². The Balaban J connectivity index is 2.68. The van der Waals surface area contributed by atoms with Gasteiger partial charge in [0, 0.05) is 0 Å². The van der Waals surface area contributed by atoms with Gasteiger partial charge >= 0.3 is 5.97 Å². The number of nitrogens with zero attached hydrogens (tertiary/aromatic N) is 1. The Morgan fingerprint density at radius 3 is 2.79 bits per heavy atom. The zero-order valence-electron chi connectivity index (χ0n) is 7.59. The Labute approximate surface area is 79.7 Å². The topological polar surface area (TPSA) is 39.2 Å². The van der Waals surface area contributed by atoms with Crippen molar-refractivity contribution in [2.45, 2.75) is 13.3 Å². The molecule has 0 aliphatic carbocycles. The van der Waals surface area contributed by atoms with Gasteiger partial charge in [-0.05, 0) is 19.1 Å². The second-order valence-corrected chi connectivity index (χ2v) is 2.56. The summed E-state index contributed by atoms with van der Waals surface area (Å²) in [6, 6.07) is 2.17. The molecule has 5 heteroatoms. The molecule has 0 amide bonds. The van der Waals surface area contributed by atoms with Crippen LogP contribution in [0.3, 0.4) is 0 Å². The van der Waals surface area contributed by atoms with Gasteiger partial charge in [0.2, 0.25) is 5.95 Å². The summed E-state index contributed by atoms with van der Waals surface area (Å²) in [6.45, 7) is 1.92. The average molecular weight is 201 g/mol. The van der Waals surface area contributed by atoms with Gasteiger partial charge in [-0.3, -0.25) is 4.79 Å². The molecule has 0 aromatic carbocycles. The summed E-state index contributed by atoms with van der Waals surface area (Å²) < 4.78 is 29.6. The minimum absolute atomic E-state index is 0.148. The van der Waals surface area contributed by atoms with E-state index in [1.54, 1.807) is 6.92 Å². The molecule has 3 nitrogen and oxygen atoms in total. The third kappa shape index (κ3) is 2.76. The van der Waals surface area contributed by atoms with E-state index >= 15 is 0 Å². The van der Waals surface area contributed by atoms with E-state index in [1.807, 2.05) is 0 Å². The molecule has 0 aliphatic heterocycles. The van der Waals surface area contributed by atoms with Crippen molar-refractivity contribution in [3.8, 4) is 0 Å². The molecule has 1 heterocycles. The predicted molar refractivity (Wildman–Crippen MR) is 44.5 cm³/mol. The highest BCUT2D eigenvalue weighted by atomic mass is 19.2. The molecule has 1 rings (SSSR count). The van der Waals surface area contributed by atoms with Gasteiger partial charge in [0.15, 0.2) is 5.82 Å². The molecule has 0 spiro atoms. The molecule has 0 radical (unpaired) electrons. The third-order valence-corrected chi connectivity index (χ3v) is 1.49. The van der Waals surface area contributed by atoms with Crippen molar-refractivity contribution in [1.82, 2.24) is 4.98 Å². The molecule has 0 saturated carbocycles. The van der Waals surface area contributed by atoms with Crippen LogP contribution in [0.25, 0.3) is 0 Å². The van der Waals surface area contributed by atoms with Crippen molar-refractivity contribution in [2.24, 2.45) is 0 Å². The Morgan fingerprint density at radius 1 is 1.50 bits per heavy atom. The van der Waals surface area contributed by atoms with Gasteiger partial charge in [-0.2, -0.15) is 4.39 Å². The van der Waals surface area contributed by atoms with Crippen LogP contribution in [0, 0.1) is 11.8 Å². The van der Waals surface area contributed by atoms with Crippen LogP contribution in [-0.4, -0.2) is 17.6 Å². The summed E-state index contributed by atoms with van der Waals surface area (Å²) in [5, 5.41) is 0. The second kappa shape index (κ2) is 4.64. The average Bonchev–Trinajstić information content (AvgIpc) is 2.12. The molecule has 0 N–H and O–H groups in total. The molecule has 0 unspecified atom stereocenters. The maximum Gasteiger partial charge on any atom is 0.311 e. The third-order valence-electron chi connectivity index (χ3n) is 1.49. The maximum absolute atomic E-state index is 12.6. The normalized spacial score (nSPS) is 9.93. The van der Waals surface area contributed by atoms with Crippen molar-refractivity contribution in [1.29, 1.82) is 0 Å². The standard InChI is InChI=1S/C9H9F2NO2/c1-2-14-8(13)5-6-3-4-7(10)9(11)12-6/h3-4H,2,5H2,1H3. The lowest BCUT2D eigenvalue weighted by Gasteiger charge is -2.01. The lowest BCUT2D eigenvalue weighted by atomic mass is 10.3. The number of esters is 1. The molecule has 76 valence electrons. The van der Waals surface area contributed by atoms with Crippen LogP contribution in [0.15, 0.2) is 12.1 Å². The van der Waals surface area contributed by atoms with Crippen molar-refractivity contribution >= 4 is 5.97 Å². The highest BCUT2D eigenvalue weighted by Crippen LogP contribution is 2.05. The molecule has 14 heavy (non-hydrogen) atoms. The highest BCUT2D eigenvalue weighted by molar-refractivity contribution is 5.71. The molecule has 0 aliphatic rings. The minimum atomic E-state index is -1.20. The fraction of sp³-hybridized carbons (Fsp3) is 0.333. The van der Waals surface area contributed by atoms with Crippen molar-refractivity contribution in [2.75, 3.05) is 6.61 Å². The quantitative estimate of drug-likeness (QED) is 0.549. The first-order valence-corrected chi connectivity index (χ1v) is 4.10. The predicted octanol–water partition coefficient (Wildman–Crippen LogP) is 1.47. The Kier molecular flexibility index (Phi) is 3.50. The fourth-order valence-electron chi connectivity index (χ4n) is 0.913. The first-order chi connectivity index (χ1) is 6.63. The van der Waals surface area contributed by atoms with E-state index in [1.165, 1.54) is 6.07 Å². The first kappa shape index (κ1) is 10.6. The number of halogens is 2. The molecular weight excluding hydrogens is 192 g/mol. The van der Waals surface area contributed by atoms with Gasteiger partial charge in [-0.15, -0.1) is 0 Å². The van der Waals surface area contributed by atoms with Gasteiger partial charge in [0.25, 0.3) is 0 Å². The van der Waals surface area contributed by atoms with Crippen molar-refractivity contribution < 1.29 is 18.3 Å². The number of carbonyl (C=O) groups is 1. The number of carbonyl (C=O) groups excluding carboxylic acids is 1. The molecule has 1 aromatic rings. The van der Waals surface area contributed by atoms with Crippen molar-refractivity contribution in [3.63, 3.8) is 0 Å².